The number of aryl methyl sites for hydroxylation is 1. The molecular formula is C22H23N5O4S2. The second-order valence-electron chi connectivity index (χ2n) is 7.84. The number of anilines is 1. The molecule has 1 atom stereocenters. The zero-order chi connectivity index (χ0) is 22.9. The van der Waals surface area contributed by atoms with Crippen molar-refractivity contribution in [1.82, 2.24) is 19.2 Å². The molecular weight excluding hydrogens is 462 g/mol. The number of carbonyl (C=O) groups excluding carboxylic acids is 1. The molecule has 0 radical (unpaired) electrons. The van der Waals surface area contributed by atoms with Gasteiger partial charge in [0.2, 0.25) is 11.7 Å². The molecule has 33 heavy (non-hydrogen) atoms. The van der Waals surface area contributed by atoms with Gasteiger partial charge in [0.25, 0.3) is 5.56 Å². The Balaban J connectivity index is 1.42. The van der Waals surface area contributed by atoms with E-state index in [1.165, 1.54) is 23.1 Å². The van der Waals surface area contributed by atoms with Crippen LogP contribution >= 0.6 is 23.1 Å². The lowest BCUT2D eigenvalue weighted by Crippen LogP contribution is -2.28. The maximum absolute atomic E-state index is 13.1. The van der Waals surface area contributed by atoms with E-state index in [1.54, 1.807) is 11.7 Å². The smallest absolute Gasteiger partial charge is 0.272 e. The van der Waals surface area contributed by atoms with Gasteiger partial charge in [-0.05, 0) is 48.9 Å². The first-order valence-electron chi connectivity index (χ1n) is 10.6. The Hall–Kier alpha value is -2.89. The number of fused-ring (bicyclic) bond motifs is 3. The third kappa shape index (κ3) is 4.23. The van der Waals surface area contributed by atoms with Crippen molar-refractivity contribution in [3.8, 4) is 5.75 Å². The average Bonchev–Trinajstić information content (AvgIpc) is 3.56. The SMILES string of the molecule is COc1ccc(C)cc1NC(=O)CSc1nnc2n(C[C@@H]3CCCO3)c(=O)c3sccc3n12. The minimum Gasteiger partial charge on any atom is -0.495 e. The molecule has 5 rings (SSSR count). The molecule has 11 heteroatoms. The number of ether oxygens (including phenoxy) is 2. The van der Waals surface area contributed by atoms with Gasteiger partial charge in [-0.25, -0.2) is 0 Å². The van der Waals surface area contributed by atoms with Crippen molar-refractivity contribution in [3.63, 3.8) is 0 Å². The summed E-state index contributed by atoms with van der Waals surface area (Å²) in [5.41, 5.74) is 2.30. The van der Waals surface area contributed by atoms with Gasteiger partial charge in [-0.2, -0.15) is 0 Å². The first-order valence-corrected chi connectivity index (χ1v) is 12.5. The highest BCUT2D eigenvalue weighted by atomic mass is 32.2. The van der Waals surface area contributed by atoms with Crippen molar-refractivity contribution in [2.75, 3.05) is 24.8 Å². The molecule has 0 bridgehead atoms. The van der Waals surface area contributed by atoms with Gasteiger partial charge in [-0.1, -0.05) is 17.8 Å². The number of hydrogen-bond donors (Lipinski definition) is 1. The number of carbonyl (C=O) groups is 1. The zero-order valence-electron chi connectivity index (χ0n) is 18.2. The summed E-state index contributed by atoms with van der Waals surface area (Å²) in [4.78, 5) is 25.8. The molecule has 0 unspecified atom stereocenters. The number of nitrogens with one attached hydrogen (secondary N) is 1. The van der Waals surface area contributed by atoms with Crippen molar-refractivity contribution in [2.24, 2.45) is 0 Å². The lowest BCUT2D eigenvalue weighted by atomic mass is 10.2. The van der Waals surface area contributed by atoms with E-state index < -0.39 is 0 Å². The van der Waals surface area contributed by atoms with Gasteiger partial charge in [-0.15, -0.1) is 21.5 Å². The van der Waals surface area contributed by atoms with Crippen LogP contribution in [-0.4, -0.2) is 50.6 Å². The van der Waals surface area contributed by atoms with Crippen molar-refractivity contribution < 1.29 is 14.3 Å². The van der Waals surface area contributed by atoms with E-state index in [4.69, 9.17) is 9.47 Å². The second kappa shape index (κ2) is 9.16. The quantitative estimate of drug-likeness (QED) is 0.401. The predicted octanol–water partition coefficient (Wildman–Crippen LogP) is 3.33. The fourth-order valence-electron chi connectivity index (χ4n) is 3.99. The van der Waals surface area contributed by atoms with Crippen molar-refractivity contribution in [3.05, 3.63) is 45.6 Å². The van der Waals surface area contributed by atoms with Crippen molar-refractivity contribution in [2.45, 2.75) is 37.6 Å². The molecule has 1 N–H and O–H groups in total. The highest BCUT2D eigenvalue weighted by molar-refractivity contribution is 7.99. The van der Waals surface area contributed by atoms with E-state index in [9.17, 15) is 9.59 Å². The predicted molar refractivity (Wildman–Crippen MR) is 129 cm³/mol. The highest BCUT2D eigenvalue weighted by Crippen LogP contribution is 2.27. The first-order chi connectivity index (χ1) is 16.0. The Morgan fingerprint density at radius 3 is 3.03 bits per heavy atom. The molecule has 1 aliphatic rings. The number of thiophene rings is 1. The van der Waals surface area contributed by atoms with Crippen LogP contribution < -0.4 is 15.6 Å². The Morgan fingerprint density at radius 2 is 2.24 bits per heavy atom. The van der Waals surface area contributed by atoms with Gasteiger partial charge in [0.1, 0.15) is 10.4 Å². The molecule has 9 nitrogen and oxygen atoms in total. The van der Waals surface area contributed by atoms with E-state index in [2.05, 4.69) is 15.5 Å². The molecule has 4 aromatic rings. The molecule has 0 saturated carbocycles. The summed E-state index contributed by atoms with van der Waals surface area (Å²) in [5.74, 6) is 1.01. The number of benzene rings is 1. The van der Waals surface area contributed by atoms with Crippen LogP contribution in [-0.2, 0) is 16.1 Å². The van der Waals surface area contributed by atoms with Gasteiger partial charge in [0, 0.05) is 6.61 Å². The van der Waals surface area contributed by atoms with E-state index in [1.807, 2.05) is 41.0 Å². The van der Waals surface area contributed by atoms with Gasteiger partial charge in [-0.3, -0.25) is 18.6 Å². The van der Waals surface area contributed by atoms with Crippen LogP contribution in [0.25, 0.3) is 16.0 Å². The molecule has 1 saturated heterocycles. The summed E-state index contributed by atoms with van der Waals surface area (Å²) < 4.78 is 15.2. The van der Waals surface area contributed by atoms with Crippen LogP contribution in [0.2, 0.25) is 0 Å². The molecule has 1 fully saturated rings. The summed E-state index contributed by atoms with van der Waals surface area (Å²) in [6, 6.07) is 7.50. The maximum atomic E-state index is 13.1. The average molecular weight is 486 g/mol. The number of aromatic nitrogens is 4. The molecule has 4 heterocycles. The minimum absolute atomic E-state index is 0.00759. The summed E-state index contributed by atoms with van der Waals surface area (Å²) >= 11 is 2.66. The Labute approximate surface area is 197 Å². The van der Waals surface area contributed by atoms with Crippen LogP contribution in [0.3, 0.4) is 0 Å². The molecule has 3 aromatic heterocycles. The van der Waals surface area contributed by atoms with Crippen LogP contribution in [0.15, 0.2) is 39.6 Å². The first kappa shape index (κ1) is 21.9. The lowest BCUT2D eigenvalue weighted by molar-refractivity contribution is -0.113. The number of methoxy groups -OCH3 is 1. The Morgan fingerprint density at radius 1 is 1.36 bits per heavy atom. The van der Waals surface area contributed by atoms with Crippen molar-refractivity contribution >= 4 is 50.7 Å². The molecule has 1 aromatic carbocycles. The number of hydrogen-bond acceptors (Lipinski definition) is 8. The third-order valence-electron chi connectivity index (χ3n) is 5.55. The molecule has 1 aliphatic heterocycles. The fraction of sp³-hybridized carbons (Fsp3) is 0.364. The Bertz CT molecular complexity index is 1390. The van der Waals surface area contributed by atoms with E-state index >= 15 is 0 Å². The number of rotatable bonds is 7. The van der Waals surface area contributed by atoms with Gasteiger partial charge in [0.05, 0.1) is 36.7 Å². The number of nitrogens with zero attached hydrogens (tertiary/aromatic N) is 4. The largest absolute Gasteiger partial charge is 0.495 e. The zero-order valence-corrected chi connectivity index (χ0v) is 19.9. The van der Waals surface area contributed by atoms with Gasteiger partial charge in [0.15, 0.2) is 5.16 Å². The standard InChI is InChI=1S/C22H23N5O4S2/c1-13-5-6-17(30-2)15(10-13)23-18(28)12-33-22-25-24-21-26(11-14-4-3-8-31-14)20(29)19-16(27(21)22)7-9-32-19/h5-7,9-10,14H,3-4,8,11-12H2,1-2H3,(H,23,28)/t14-/m0/s1. The minimum atomic E-state index is -0.185. The topological polar surface area (TPSA) is 99.8 Å². The summed E-state index contributed by atoms with van der Waals surface area (Å²) in [7, 11) is 1.57. The highest BCUT2D eigenvalue weighted by Gasteiger charge is 2.23. The van der Waals surface area contributed by atoms with E-state index in [0.29, 0.717) is 40.2 Å². The van der Waals surface area contributed by atoms with Crippen LogP contribution in [0.4, 0.5) is 5.69 Å². The summed E-state index contributed by atoms with van der Waals surface area (Å²) in [5, 5.41) is 13.9. The van der Waals surface area contributed by atoms with E-state index in [-0.39, 0.29) is 23.3 Å². The molecule has 1 amide bonds. The normalized spacial score (nSPS) is 16.0. The van der Waals surface area contributed by atoms with Gasteiger partial charge >= 0.3 is 0 Å². The number of thioether (sulfide) groups is 1. The monoisotopic (exact) mass is 485 g/mol. The van der Waals surface area contributed by atoms with Crippen LogP contribution in [0.5, 0.6) is 5.75 Å². The summed E-state index contributed by atoms with van der Waals surface area (Å²) in [6.45, 7) is 3.10. The van der Waals surface area contributed by atoms with E-state index in [0.717, 1.165) is 23.9 Å². The van der Waals surface area contributed by atoms with Gasteiger partial charge < -0.3 is 14.8 Å². The molecule has 0 spiro atoms. The van der Waals surface area contributed by atoms with Crippen LogP contribution in [0, 0.1) is 6.92 Å². The molecule has 0 aliphatic carbocycles. The maximum Gasteiger partial charge on any atom is 0.272 e. The number of amides is 1. The molecule has 172 valence electrons. The fourth-order valence-corrected chi connectivity index (χ4v) is 5.55. The summed E-state index contributed by atoms with van der Waals surface area (Å²) in [6.07, 6.45) is 1.90. The lowest BCUT2D eigenvalue weighted by Gasteiger charge is -2.13. The third-order valence-corrected chi connectivity index (χ3v) is 7.37. The Kier molecular flexibility index (Phi) is 6.09. The van der Waals surface area contributed by atoms with Crippen LogP contribution in [0.1, 0.15) is 18.4 Å². The second-order valence-corrected chi connectivity index (χ2v) is 9.70. The van der Waals surface area contributed by atoms with Crippen molar-refractivity contribution in [1.29, 1.82) is 0 Å².